The lowest BCUT2D eigenvalue weighted by Gasteiger charge is -2.32. The fourth-order valence-corrected chi connectivity index (χ4v) is 2.10. The van der Waals surface area contributed by atoms with Crippen molar-refractivity contribution < 1.29 is 14.6 Å². The van der Waals surface area contributed by atoms with E-state index in [0.717, 1.165) is 19.6 Å². The first-order chi connectivity index (χ1) is 6.77. The third-order valence-corrected chi connectivity index (χ3v) is 3.12. The first kappa shape index (κ1) is 10.4. The zero-order valence-corrected chi connectivity index (χ0v) is 8.61. The molecule has 2 saturated heterocycles. The molecule has 0 aliphatic carbocycles. The van der Waals surface area contributed by atoms with Gasteiger partial charge in [0.2, 0.25) is 0 Å². The lowest BCUT2D eigenvalue weighted by atomic mass is 9.96. The Labute approximate surface area is 84.6 Å². The van der Waals surface area contributed by atoms with Crippen molar-refractivity contribution in [3.63, 3.8) is 0 Å². The number of aliphatic hydroxyl groups is 1. The highest BCUT2D eigenvalue weighted by Gasteiger charge is 2.31. The van der Waals surface area contributed by atoms with Crippen LogP contribution in [-0.2, 0) is 9.47 Å². The summed E-state index contributed by atoms with van der Waals surface area (Å²) in [6, 6.07) is 0.575. The lowest BCUT2D eigenvalue weighted by molar-refractivity contribution is 0.0305. The monoisotopic (exact) mass is 201 g/mol. The average Bonchev–Trinajstić information content (AvgIpc) is 2.56. The van der Waals surface area contributed by atoms with Gasteiger partial charge >= 0.3 is 0 Å². The summed E-state index contributed by atoms with van der Waals surface area (Å²) in [5, 5.41) is 13.0. The molecule has 2 N–H and O–H groups in total. The Hall–Kier alpha value is -0.160. The van der Waals surface area contributed by atoms with Crippen LogP contribution in [0.15, 0.2) is 0 Å². The van der Waals surface area contributed by atoms with Crippen LogP contribution >= 0.6 is 0 Å². The number of nitrogens with one attached hydrogen (secondary N) is 1. The quantitative estimate of drug-likeness (QED) is 0.647. The standard InChI is InChI=1S/C10H19NO3/c1-7-4-13-3-2-8(7)11-9-5-14-6-10(9)12/h7-12H,2-6H2,1H3/t7?,8?,9?,10-/m1/s1. The van der Waals surface area contributed by atoms with Crippen molar-refractivity contribution in [2.24, 2.45) is 5.92 Å². The van der Waals surface area contributed by atoms with E-state index in [1.807, 2.05) is 0 Å². The third kappa shape index (κ3) is 2.25. The minimum absolute atomic E-state index is 0.112. The summed E-state index contributed by atoms with van der Waals surface area (Å²) in [5.41, 5.74) is 0. The van der Waals surface area contributed by atoms with Crippen LogP contribution in [0.3, 0.4) is 0 Å². The van der Waals surface area contributed by atoms with Crippen LogP contribution in [-0.4, -0.2) is 49.7 Å². The van der Waals surface area contributed by atoms with Gasteiger partial charge in [0.1, 0.15) is 0 Å². The van der Waals surface area contributed by atoms with Gasteiger partial charge in [-0.3, -0.25) is 0 Å². The van der Waals surface area contributed by atoms with Crippen molar-refractivity contribution in [2.75, 3.05) is 26.4 Å². The van der Waals surface area contributed by atoms with Crippen molar-refractivity contribution in [3.05, 3.63) is 0 Å². The summed E-state index contributed by atoms with van der Waals surface area (Å²) in [7, 11) is 0. The second-order valence-corrected chi connectivity index (χ2v) is 4.33. The zero-order valence-electron chi connectivity index (χ0n) is 8.61. The summed E-state index contributed by atoms with van der Waals surface area (Å²) in [6.07, 6.45) is 0.690. The predicted octanol–water partition coefficient (Wildman–Crippen LogP) is -0.239. The van der Waals surface area contributed by atoms with Gasteiger partial charge in [0, 0.05) is 12.6 Å². The van der Waals surface area contributed by atoms with Crippen LogP contribution in [0.2, 0.25) is 0 Å². The molecule has 0 bridgehead atoms. The molecule has 4 heteroatoms. The molecular weight excluding hydrogens is 182 g/mol. The molecule has 14 heavy (non-hydrogen) atoms. The maximum absolute atomic E-state index is 9.59. The van der Waals surface area contributed by atoms with Crippen LogP contribution in [0.1, 0.15) is 13.3 Å². The zero-order chi connectivity index (χ0) is 9.97. The molecule has 2 aliphatic heterocycles. The van der Waals surface area contributed by atoms with Gasteiger partial charge in [0.15, 0.2) is 0 Å². The number of rotatable bonds is 2. The minimum atomic E-state index is -0.343. The van der Waals surface area contributed by atoms with Crippen LogP contribution in [0, 0.1) is 5.92 Å². The van der Waals surface area contributed by atoms with E-state index >= 15 is 0 Å². The molecule has 2 aliphatic rings. The molecule has 0 aromatic carbocycles. The summed E-state index contributed by atoms with van der Waals surface area (Å²) < 4.78 is 10.6. The minimum Gasteiger partial charge on any atom is -0.389 e. The molecule has 82 valence electrons. The first-order valence-corrected chi connectivity index (χ1v) is 5.37. The fraction of sp³-hybridized carbons (Fsp3) is 1.00. The predicted molar refractivity (Wildman–Crippen MR) is 52.1 cm³/mol. The summed E-state index contributed by atoms with van der Waals surface area (Å²) in [4.78, 5) is 0. The number of ether oxygens (including phenoxy) is 2. The Balaban J connectivity index is 1.83. The largest absolute Gasteiger partial charge is 0.389 e. The topological polar surface area (TPSA) is 50.7 Å². The Bertz CT molecular complexity index is 188. The SMILES string of the molecule is CC1COCCC1NC1COC[C@H]1O. The van der Waals surface area contributed by atoms with Crippen LogP contribution < -0.4 is 5.32 Å². The van der Waals surface area contributed by atoms with Gasteiger partial charge in [-0.25, -0.2) is 0 Å². The molecule has 4 nitrogen and oxygen atoms in total. The van der Waals surface area contributed by atoms with Gasteiger partial charge in [-0.1, -0.05) is 6.92 Å². The molecule has 0 radical (unpaired) electrons. The van der Waals surface area contributed by atoms with E-state index in [4.69, 9.17) is 9.47 Å². The highest BCUT2D eigenvalue weighted by Crippen LogP contribution is 2.16. The summed E-state index contributed by atoms with van der Waals surface area (Å²) in [6.45, 7) is 4.92. The van der Waals surface area contributed by atoms with Gasteiger partial charge in [-0.15, -0.1) is 0 Å². The van der Waals surface area contributed by atoms with Crippen LogP contribution in [0.5, 0.6) is 0 Å². The Morgan fingerprint density at radius 3 is 2.64 bits per heavy atom. The van der Waals surface area contributed by atoms with E-state index in [0.29, 0.717) is 25.2 Å². The molecule has 4 atom stereocenters. The second-order valence-electron chi connectivity index (χ2n) is 4.33. The number of hydrogen-bond donors (Lipinski definition) is 2. The van der Waals surface area contributed by atoms with Crippen LogP contribution in [0.4, 0.5) is 0 Å². The normalized spacial score (nSPS) is 44.1. The summed E-state index contributed by atoms with van der Waals surface area (Å²) >= 11 is 0. The molecule has 0 amide bonds. The molecule has 0 aromatic heterocycles. The van der Waals surface area contributed by atoms with Crippen molar-refractivity contribution in [1.82, 2.24) is 5.32 Å². The molecule has 2 heterocycles. The van der Waals surface area contributed by atoms with Crippen LogP contribution in [0.25, 0.3) is 0 Å². The van der Waals surface area contributed by atoms with E-state index < -0.39 is 0 Å². The second kappa shape index (κ2) is 4.57. The van der Waals surface area contributed by atoms with E-state index in [2.05, 4.69) is 12.2 Å². The van der Waals surface area contributed by atoms with Gasteiger partial charge in [-0.2, -0.15) is 0 Å². The molecule has 0 saturated carbocycles. The maximum atomic E-state index is 9.59. The number of hydrogen-bond acceptors (Lipinski definition) is 4. The van der Waals surface area contributed by atoms with E-state index in [1.54, 1.807) is 0 Å². The van der Waals surface area contributed by atoms with Gasteiger partial charge in [0.05, 0.1) is 32.0 Å². The fourth-order valence-electron chi connectivity index (χ4n) is 2.10. The van der Waals surface area contributed by atoms with E-state index in [1.165, 1.54) is 0 Å². The van der Waals surface area contributed by atoms with E-state index in [-0.39, 0.29) is 12.1 Å². The van der Waals surface area contributed by atoms with Gasteiger partial charge < -0.3 is 19.9 Å². The Kier molecular flexibility index (Phi) is 3.38. The molecular formula is C10H19NO3. The van der Waals surface area contributed by atoms with Crippen molar-refractivity contribution >= 4 is 0 Å². The highest BCUT2D eigenvalue weighted by atomic mass is 16.5. The molecule has 2 fully saturated rings. The maximum Gasteiger partial charge on any atom is 0.0948 e. The van der Waals surface area contributed by atoms with Gasteiger partial charge in [0.25, 0.3) is 0 Å². The van der Waals surface area contributed by atoms with Crippen molar-refractivity contribution in [2.45, 2.75) is 31.5 Å². The Morgan fingerprint density at radius 2 is 2.00 bits per heavy atom. The summed E-state index contributed by atoms with van der Waals surface area (Å²) in [5.74, 6) is 0.525. The third-order valence-electron chi connectivity index (χ3n) is 3.12. The molecule has 3 unspecified atom stereocenters. The molecule has 0 spiro atoms. The first-order valence-electron chi connectivity index (χ1n) is 5.37. The number of aliphatic hydroxyl groups excluding tert-OH is 1. The molecule has 2 rings (SSSR count). The molecule has 0 aromatic rings. The smallest absolute Gasteiger partial charge is 0.0948 e. The van der Waals surface area contributed by atoms with Crippen molar-refractivity contribution in [3.8, 4) is 0 Å². The van der Waals surface area contributed by atoms with Crippen molar-refractivity contribution in [1.29, 1.82) is 0 Å². The van der Waals surface area contributed by atoms with Gasteiger partial charge in [-0.05, 0) is 12.3 Å². The Morgan fingerprint density at radius 1 is 1.14 bits per heavy atom. The average molecular weight is 201 g/mol. The lowest BCUT2D eigenvalue weighted by Crippen LogP contribution is -2.50. The highest BCUT2D eigenvalue weighted by molar-refractivity contribution is 4.87. The van der Waals surface area contributed by atoms with E-state index in [9.17, 15) is 5.11 Å².